The van der Waals surface area contributed by atoms with Gasteiger partial charge < -0.3 is 33.8 Å². The van der Waals surface area contributed by atoms with Crippen LogP contribution in [0.25, 0.3) is 0 Å². The Morgan fingerprint density at radius 2 is 0.527 bits per heavy atom. The molecule has 17 nitrogen and oxygen atoms in total. The lowest BCUT2D eigenvalue weighted by Crippen LogP contribution is -2.30. The molecule has 8 atom stereocenters. The fourth-order valence-electron chi connectivity index (χ4n) is 10.8. The van der Waals surface area contributed by atoms with Gasteiger partial charge in [-0.1, -0.05) is 312 Å². The third-order valence-corrected chi connectivity index (χ3v) is 19.6. The van der Waals surface area contributed by atoms with Crippen LogP contribution in [-0.4, -0.2) is 96.7 Å². The van der Waals surface area contributed by atoms with Gasteiger partial charge in [-0.05, 0) is 43.4 Å². The molecule has 0 saturated carbocycles. The Bertz CT molecular complexity index is 1790. The maximum atomic E-state index is 13.0. The molecule has 3 N–H and O–H groups in total. The highest BCUT2D eigenvalue weighted by Gasteiger charge is 2.30. The molecule has 0 bridgehead atoms. The summed E-state index contributed by atoms with van der Waals surface area (Å²) in [6.45, 7) is 11.9. The van der Waals surface area contributed by atoms with Crippen molar-refractivity contribution < 1.29 is 80.2 Å². The second kappa shape index (κ2) is 62.8. The molecule has 0 amide bonds. The lowest BCUT2D eigenvalue weighted by molar-refractivity contribution is -0.161. The number of rotatable bonds is 70. The summed E-state index contributed by atoms with van der Waals surface area (Å²) >= 11 is 0. The Kier molecular flexibility index (Phi) is 61.5. The van der Waals surface area contributed by atoms with Gasteiger partial charge in [-0.3, -0.25) is 37.3 Å². The van der Waals surface area contributed by atoms with E-state index in [-0.39, 0.29) is 25.7 Å². The molecule has 0 rings (SSSR count). The summed E-state index contributed by atoms with van der Waals surface area (Å²) in [5.74, 6) is 0.220. The second-order valence-corrected chi connectivity index (χ2v) is 29.6. The van der Waals surface area contributed by atoms with Crippen LogP contribution in [0.1, 0.15) is 363 Å². The molecule has 0 aliphatic rings. The predicted octanol–water partition coefficient (Wildman–Crippen LogP) is 20.6. The van der Waals surface area contributed by atoms with E-state index in [2.05, 4.69) is 48.5 Å². The van der Waals surface area contributed by atoms with Crippen molar-refractivity contribution in [3.8, 4) is 0 Å². The lowest BCUT2D eigenvalue weighted by atomic mass is 9.99. The number of carbonyl (C=O) groups excluding carboxylic acids is 4. The van der Waals surface area contributed by atoms with Crippen LogP contribution in [0.5, 0.6) is 0 Å². The first-order chi connectivity index (χ1) is 43.8. The molecule has 0 heterocycles. The van der Waals surface area contributed by atoms with Crippen molar-refractivity contribution >= 4 is 39.5 Å². The topological polar surface area (TPSA) is 237 Å². The third-order valence-electron chi connectivity index (χ3n) is 17.7. The molecule has 5 unspecified atom stereocenters. The molecule has 0 saturated heterocycles. The molecular formula is C72H140O17P2. The molecule has 19 heteroatoms. The fraction of sp³-hybridized carbons (Fsp3) is 0.944. The van der Waals surface area contributed by atoms with E-state index < -0.39 is 97.5 Å². The van der Waals surface area contributed by atoms with Crippen molar-refractivity contribution in [1.82, 2.24) is 0 Å². The first-order valence-electron chi connectivity index (χ1n) is 37.5. The Balaban J connectivity index is 5.27. The molecule has 91 heavy (non-hydrogen) atoms. The Morgan fingerprint density at radius 3 is 0.780 bits per heavy atom. The number of ether oxygens (including phenoxy) is 4. The van der Waals surface area contributed by atoms with Gasteiger partial charge in [0.1, 0.15) is 19.3 Å². The Hall–Kier alpha value is -1.94. The minimum absolute atomic E-state index is 0.106. The van der Waals surface area contributed by atoms with Gasteiger partial charge in [0.2, 0.25) is 0 Å². The maximum Gasteiger partial charge on any atom is 0.472 e. The number of aliphatic hydroxyl groups is 1. The summed E-state index contributed by atoms with van der Waals surface area (Å²) in [5.41, 5.74) is 0. The van der Waals surface area contributed by atoms with Gasteiger partial charge in [-0.25, -0.2) is 9.13 Å². The van der Waals surface area contributed by atoms with Crippen molar-refractivity contribution in [2.75, 3.05) is 39.6 Å². The molecule has 0 aliphatic heterocycles. The lowest BCUT2D eigenvalue weighted by Gasteiger charge is -2.21. The van der Waals surface area contributed by atoms with E-state index in [0.29, 0.717) is 25.7 Å². The van der Waals surface area contributed by atoms with Crippen LogP contribution in [0, 0.1) is 17.8 Å². The van der Waals surface area contributed by atoms with Crippen molar-refractivity contribution in [2.24, 2.45) is 17.8 Å². The second-order valence-electron chi connectivity index (χ2n) is 26.7. The van der Waals surface area contributed by atoms with Crippen LogP contribution >= 0.6 is 15.6 Å². The van der Waals surface area contributed by atoms with E-state index in [4.69, 9.17) is 37.0 Å². The molecule has 0 aromatic heterocycles. The van der Waals surface area contributed by atoms with E-state index in [1.54, 1.807) is 0 Å². The number of hydrogen-bond acceptors (Lipinski definition) is 15. The van der Waals surface area contributed by atoms with Crippen LogP contribution in [0.15, 0.2) is 0 Å². The van der Waals surface area contributed by atoms with Gasteiger partial charge in [-0.15, -0.1) is 0 Å². The van der Waals surface area contributed by atoms with Gasteiger partial charge in [0.05, 0.1) is 26.4 Å². The number of esters is 4. The number of aliphatic hydroxyl groups excluding tert-OH is 1. The minimum atomic E-state index is -4.95. The summed E-state index contributed by atoms with van der Waals surface area (Å²) in [7, 11) is -9.91. The number of phosphoric acid groups is 2. The fourth-order valence-corrected chi connectivity index (χ4v) is 12.4. The largest absolute Gasteiger partial charge is 0.472 e. The van der Waals surface area contributed by atoms with Crippen LogP contribution in [0.2, 0.25) is 0 Å². The van der Waals surface area contributed by atoms with Crippen molar-refractivity contribution in [3.05, 3.63) is 0 Å². The SMILES string of the molecule is CCCCCCCCCCCCCCCC(=O)O[C@H](COC(=O)CCCCCCCCC(C)CC)COP(=O)(O)OC[C@H](O)COP(=O)(O)OC[C@@H](COC(=O)CCCCCCCCCCCCC(C)CC)OC(=O)CCCCCCCCCCCCC(C)CC. The maximum absolute atomic E-state index is 13.0. The number of unbranched alkanes of at least 4 members (excludes halogenated alkanes) is 35. The highest BCUT2D eigenvalue weighted by Crippen LogP contribution is 2.45. The third kappa shape index (κ3) is 62.6. The standard InChI is InChI=1S/C72H140O17P2/c1-8-12-13-14-15-16-17-18-19-27-32-41-48-55-71(76)89-68(60-83-70(75)54-47-40-35-34-38-45-52-65(7)11-4)62-87-91(80,81)85-58-66(73)57-84-90(78,79)86-61-67(88-72(77)56-49-42-33-28-23-21-25-30-37-44-51-64(6)10-3)59-82-69(74)53-46-39-31-26-22-20-24-29-36-43-50-63(5)9-2/h63-68,73H,8-62H2,1-7H3,(H,78,79)(H,80,81)/t63?,64?,65?,66-,67-,68-/m1/s1. The molecule has 0 radical (unpaired) electrons. The van der Waals surface area contributed by atoms with Crippen LogP contribution in [-0.2, 0) is 65.4 Å². The minimum Gasteiger partial charge on any atom is -0.462 e. The monoisotopic (exact) mass is 1340 g/mol. The van der Waals surface area contributed by atoms with Gasteiger partial charge >= 0.3 is 39.5 Å². The molecule has 0 fully saturated rings. The van der Waals surface area contributed by atoms with Gasteiger partial charge in [-0.2, -0.15) is 0 Å². The van der Waals surface area contributed by atoms with Crippen molar-refractivity contribution in [2.45, 2.75) is 381 Å². The predicted molar refractivity (Wildman–Crippen MR) is 368 cm³/mol. The van der Waals surface area contributed by atoms with E-state index in [9.17, 15) is 43.2 Å². The van der Waals surface area contributed by atoms with E-state index in [1.807, 2.05) is 0 Å². The summed E-state index contributed by atoms with van der Waals surface area (Å²) < 4.78 is 68.4. The molecule has 0 aromatic carbocycles. The van der Waals surface area contributed by atoms with Crippen LogP contribution in [0.3, 0.4) is 0 Å². The van der Waals surface area contributed by atoms with Crippen LogP contribution in [0.4, 0.5) is 0 Å². The summed E-state index contributed by atoms with van der Waals surface area (Å²) in [6, 6.07) is 0. The van der Waals surface area contributed by atoms with Gasteiger partial charge in [0.15, 0.2) is 12.2 Å². The van der Waals surface area contributed by atoms with E-state index in [0.717, 1.165) is 114 Å². The summed E-state index contributed by atoms with van der Waals surface area (Å²) in [4.78, 5) is 72.7. The smallest absolute Gasteiger partial charge is 0.462 e. The normalized spacial score (nSPS) is 15.1. The van der Waals surface area contributed by atoms with Crippen molar-refractivity contribution in [3.63, 3.8) is 0 Å². The zero-order valence-electron chi connectivity index (χ0n) is 59.3. The quantitative estimate of drug-likeness (QED) is 0.0222. The highest BCUT2D eigenvalue weighted by molar-refractivity contribution is 7.47. The van der Waals surface area contributed by atoms with Gasteiger partial charge in [0.25, 0.3) is 0 Å². The zero-order chi connectivity index (χ0) is 67.3. The highest BCUT2D eigenvalue weighted by atomic mass is 31.2. The zero-order valence-corrected chi connectivity index (χ0v) is 61.1. The first kappa shape index (κ1) is 89.1. The summed E-state index contributed by atoms with van der Waals surface area (Å²) in [6.07, 6.45) is 46.9. The van der Waals surface area contributed by atoms with E-state index >= 15 is 0 Å². The average molecular weight is 1340 g/mol. The number of phosphoric ester groups is 2. The first-order valence-corrected chi connectivity index (χ1v) is 40.5. The number of hydrogen-bond donors (Lipinski definition) is 3. The number of carbonyl (C=O) groups is 4. The summed E-state index contributed by atoms with van der Waals surface area (Å²) in [5, 5.41) is 10.6. The van der Waals surface area contributed by atoms with Crippen molar-refractivity contribution in [1.29, 1.82) is 0 Å². The Morgan fingerprint density at radius 1 is 0.308 bits per heavy atom. The molecular weight excluding hydrogens is 1200 g/mol. The molecule has 540 valence electrons. The van der Waals surface area contributed by atoms with Crippen LogP contribution < -0.4 is 0 Å². The Labute approximate surface area is 556 Å². The van der Waals surface area contributed by atoms with Gasteiger partial charge in [0, 0.05) is 25.7 Å². The van der Waals surface area contributed by atoms with E-state index in [1.165, 1.54) is 167 Å². The molecule has 0 aromatic rings. The molecule has 0 spiro atoms. The average Bonchev–Trinajstić information content (AvgIpc) is 2.65. The molecule has 0 aliphatic carbocycles.